The van der Waals surface area contributed by atoms with Gasteiger partial charge >= 0.3 is 6.09 Å². The number of carbonyl (C=O) groups excluding carboxylic acids is 2. The van der Waals surface area contributed by atoms with Gasteiger partial charge in [-0.1, -0.05) is 54.1 Å². The van der Waals surface area contributed by atoms with Crippen LogP contribution in [-0.4, -0.2) is 28.9 Å². The van der Waals surface area contributed by atoms with Gasteiger partial charge in [0.25, 0.3) is 0 Å². The molecule has 0 aliphatic rings. The van der Waals surface area contributed by atoms with Crippen LogP contribution < -0.4 is 0 Å². The number of hydrogen-bond donors (Lipinski definition) is 0. The first-order chi connectivity index (χ1) is 12.7. The minimum atomic E-state index is -0.708. The van der Waals surface area contributed by atoms with E-state index < -0.39 is 23.8 Å². The third kappa shape index (κ3) is 6.10. The summed E-state index contributed by atoms with van der Waals surface area (Å²) in [6.45, 7) is 9.49. The van der Waals surface area contributed by atoms with Gasteiger partial charge in [0.1, 0.15) is 11.9 Å². The Morgan fingerprint density at radius 1 is 1.15 bits per heavy atom. The number of nitrogens with zero attached hydrogens (tertiary/aromatic N) is 1. The largest absolute Gasteiger partial charge is 0.444 e. The lowest BCUT2D eigenvalue weighted by Crippen LogP contribution is -2.46. The summed E-state index contributed by atoms with van der Waals surface area (Å²) in [6, 6.07) is 15.3. The van der Waals surface area contributed by atoms with Crippen molar-refractivity contribution in [2.24, 2.45) is 0 Å². The quantitative estimate of drug-likeness (QED) is 0.636. The summed E-state index contributed by atoms with van der Waals surface area (Å²) in [5.41, 5.74) is 1.03. The Kier molecular flexibility index (Phi) is 7.03. The van der Waals surface area contributed by atoms with Gasteiger partial charge in [-0.05, 0) is 57.4 Å². The maximum absolute atomic E-state index is 12.9. The maximum Gasteiger partial charge on any atom is 0.411 e. The highest BCUT2D eigenvalue weighted by molar-refractivity contribution is 6.30. The molecule has 0 spiro atoms. The summed E-state index contributed by atoms with van der Waals surface area (Å²) in [6.07, 6.45) is 0.569. The normalized spacial score (nSPS) is 13.5. The number of carbonyl (C=O) groups is 2. The molecular formula is C22H25ClNO3. The van der Waals surface area contributed by atoms with E-state index in [-0.39, 0.29) is 0 Å². The Morgan fingerprint density at radius 3 is 2.26 bits per heavy atom. The molecule has 0 N–H and O–H groups in total. The fraction of sp³-hybridized carbons (Fsp3) is 0.318. The Hall–Kier alpha value is -2.33. The van der Waals surface area contributed by atoms with E-state index in [1.807, 2.05) is 30.3 Å². The van der Waals surface area contributed by atoms with E-state index in [0.717, 1.165) is 17.4 Å². The summed E-state index contributed by atoms with van der Waals surface area (Å²) in [4.78, 5) is 26.2. The molecule has 1 radical (unpaired) electrons. The number of hydrogen-bond acceptors (Lipinski definition) is 3. The number of halogens is 1. The topological polar surface area (TPSA) is 46.6 Å². The minimum absolute atomic E-state index is 0.378. The van der Waals surface area contributed by atoms with Crippen molar-refractivity contribution < 1.29 is 14.3 Å². The average molecular weight is 387 g/mol. The number of benzene rings is 2. The Labute approximate surface area is 166 Å². The van der Waals surface area contributed by atoms with Crippen molar-refractivity contribution in [3.8, 4) is 0 Å². The molecule has 143 valence electrons. The minimum Gasteiger partial charge on any atom is -0.444 e. The molecule has 0 bridgehead atoms. The molecule has 0 fully saturated rings. The smallest absolute Gasteiger partial charge is 0.411 e. The Balaban J connectivity index is 2.36. The van der Waals surface area contributed by atoms with Crippen molar-refractivity contribution in [2.45, 2.75) is 44.9 Å². The molecule has 0 saturated heterocycles. The van der Waals surface area contributed by atoms with Crippen molar-refractivity contribution >= 4 is 24.0 Å². The van der Waals surface area contributed by atoms with Crippen molar-refractivity contribution in [1.82, 2.24) is 4.90 Å². The second-order valence-electron chi connectivity index (χ2n) is 7.35. The molecule has 0 heterocycles. The highest BCUT2D eigenvalue weighted by Crippen LogP contribution is 2.27. The standard InChI is InChI=1S/C22H25ClNO3/c1-16(18-10-12-19(23)13-11-18)24(21(26)27-22(2,3)4)20(15-25)14-17-8-6-5-7-9-17/h5-13,15-16,20H,1,14H2,2-4H3/t16?,20-/m0/s1. The van der Waals surface area contributed by atoms with Crippen molar-refractivity contribution in [1.29, 1.82) is 0 Å². The molecule has 2 atom stereocenters. The zero-order valence-corrected chi connectivity index (χ0v) is 16.6. The molecule has 1 unspecified atom stereocenters. The van der Waals surface area contributed by atoms with Gasteiger partial charge in [0.05, 0.1) is 12.1 Å². The third-order valence-electron chi connectivity index (χ3n) is 4.00. The first-order valence-electron chi connectivity index (χ1n) is 8.80. The molecule has 2 aromatic carbocycles. The zero-order chi connectivity index (χ0) is 20.0. The van der Waals surface area contributed by atoms with Crippen LogP contribution >= 0.6 is 11.6 Å². The van der Waals surface area contributed by atoms with E-state index in [1.54, 1.807) is 45.0 Å². The fourth-order valence-corrected chi connectivity index (χ4v) is 2.85. The molecular weight excluding hydrogens is 362 g/mol. The molecule has 0 aliphatic heterocycles. The van der Waals surface area contributed by atoms with Crippen molar-refractivity contribution in [3.05, 3.63) is 77.7 Å². The highest BCUT2D eigenvalue weighted by atomic mass is 35.5. The SMILES string of the molecule is [CH2]C(c1ccc(Cl)cc1)N(C(=O)OC(C)(C)C)[C@H](C=O)Cc1ccccc1. The van der Waals surface area contributed by atoms with Crippen LogP contribution in [0.2, 0.25) is 5.02 Å². The van der Waals surface area contributed by atoms with E-state index in [9.17, 15) is 9.59 Å². The van der Waals surface area contributed by atoms with Crippen molar-refractivity contribution in [2.75, 3.05) is 0 Å². The lowest BCUT2D eigenvalue weighted by Gasteiger charge is -2.35. The fourth-order valence-electron chi connectivity index (χ4n) is 2.72. The lowest BCUT2D eigenvalue weighted by atomic mass is 10.0. The second kappa shape index (κ2) is 9.05. The summed E-state index contributed by atoms with van der Waals surface area (Å²) in [7, 11) is 0. The van der Waals surface area contributed by atoms with E-state index in [2.05, 4.69) is 6.92 Å². The summed E-state index contributed by atoms with van der Waals surface area (Å²) >= 11 is 5.96. The number of amides is 1. The van der Waals surface area contributed by atoms with E-state index >= 15 is 0 Å². The predicted octanol–water partition coefficient (Wildman–Crippen LogP) is 5.26. The first-order valence-corrected chi connectivity index (χ1v) is 9.18. The molecule has 2 aromatic rings. The average Bonchev–Trinajstić information content (AvgIpc) is 2.61. The third-order valence-corrected chi connectivity index (χ3v) is 4.25. The van der Waals surface area contributed by atoms with Gasteiger partial charge in [-0.3, -0.25) is 4.90 Å². The van der Waals surface area contributed by atoms with Gasteiger partial charge < -0.3 is 9.53 Å². The number of ether oxygens (including phenoxy) is 1. The monoisotopic (exact) mass is 386 g/mol. The summed E-state index contributed by atoms with van der Waals surface area (Å²) in [5, 5.41) is 0.589. The first kappa shape index (κ1) is 21.0. The van der Waals surface area contributed by atoms with Gasteiger partial charge in [-0.15, -0.1) is 0 Å². The Morgan fingerprint density at radius 2 is 1.74 bits per heavy atom. The summed E-state index contributed by atoms with van der Waals surface area (Å²) < 4.78 is 5.55. The van der Waals surface area contributed by atoms with Gasteiger partial charge in [-0.2, -0.15) is 0 Å². The van der Waals surface area contributed by atoms with Crippen molar-refractivity contribution in [3.63, 3.8) is 0 Å². The van der Waals surface area contributed by atoms with Crippen LogP contribution in [0, 0.1) is 6.92 Å². The molecule has 27 heavy (non-hydrogen) atoms. The maximum atomic E-state index is 12.9. The van der Waals surface area contributed by atoms with Crippen LogP contribution in [0.4, 0.5) is 4.79 Å². The van der Waals surface area contributed by atoms with Crippen LogP contribution in [-0.2, 0) is 16.0 Å². The molecule has 1 amide bonds. The van der Waals surface area contributed by atoms with Gasteiger partial charge in [0.15, 0.2) is 0 Å². The van der Waals surface area contributed by atoms with E-state index in [4.69, 9.17) is 16.3 Å². The Bertz CT molecular complexity index is 753. The predicted molar refractivity (Wildman–Crippen MR) is 108 cm³/mol. The second-order valence-corrected chi connectivity index (χ2v) is 7.78. The molecule has 2 rings (SSSR count). The van der Waals surface area contributed by atoms with Crippen LogP contribution in [0.3, 0.4) is 0 Å². The van der Waals surface area contributed by atoms with Crippen LogP contribution in [0.25, 0.3) is 0 Å². The molecule has 0 aliphatic carbocycles. The van der Waals surface area contributed by atoms with E-state index in [1.165, 1.54) is 4.90 Å². The van der Waals surface area contributed by atoms with E-state index in [0.29, 0.717) is 11.4 Å². The van der Waals surface area contributed by atoms with Crippen LogP contribution in [0.5, 0.6) is 0 Å². The van der Waals surface area contributed by atoms with Gasteiger partial charge in [0, 0.05) is 5.02 Å². The molecule has 5 heteroatoms. The molecule has 4 nitrogen and oxygen atoms in total. The zero-order valence-electron chi connectivity index (χ0n) is 15.9. The molecule has 0 aromatic heterocycles. The van der Waals surface area contributed by atoms with Crippen LogP contribution in [0.15, 0.2) is 54.6 Å². The summed E-state index contributed by atoms with van der Waals surface area (Å²) in [5.74, 6) is 0. The molecule has 0 saturated carbocycles. The lowest BCUT2D eigenvalue weighted by molar-refractivity contribution is -0.113. The number of rotatable bonds is 6. The van der Waals surface area contributed by atoms with Crippen LogP contribution in [0.1, 0.15) is 37.9 Å². The number of aldehydes is 1. The highest BCUT2D eigenvalue weighted by Gasteiger charge is 2.33. The van der Waals surface area contributed by atoms with Gasteiger partial charge in [-0.25, -0.2) is 4.79 Å². The van der Waals surface area contributed by atoms with Gasteiger partial charge in [0.2, 0.25) is 0 Å².